The van der Waals surface area contributed by atoms with Crippen molar-refractivity contribution in [2.24, 2.45) is 5.10 Å². The number of hydrogen-bond acceptors (Lipinski definition) is 4. The van der Waals surface area contributed by atoms with Crippen molar-refractivity contribution in [3.8, 4) is 5.75 Å². The maximum absolute atomic E-state index is 12.3. The highest BCUT2D eigenvalue weighted by molar-refractivity contribution is 6.03. The zero-order valence-corrected chi connectivity index (χ0v) is 14.8. The number of fused-ring (bicyclic) bond motifs is 2. The van der Waals surface area contributed by atoms with Crippen molar-refractivity contribution in [1.82, 2.24) is 5.43 Å². The van der Waals surface area contributed by atoms with Crippen molar-refractivity contribution in [2.75, 3.05) is 6.61 Å². The average molecular weight is 358 g/mol. The molecule has 1 aromatic heterocycles. The molecule has 5 heteroatoms. The molecule has 0 bridgehead atoms. The first-order chi connectivity index (χ1) is 13.3. The van der Waals surface area contributed by atoms with Crippen LogP contribution in [0.3, 0.4) is 0 Å². The fourth-order valence-electron chi connectivity index (χ4n) is 3.00. The van der Waals surface area contributed by atoms with Crippen LogP contribution < -0.4 is 10.2 Å². The number of furan rings is 1. The van der Waals surface area contributed by atoms with Gasteiger partial charge in [0.25, 0.3) is 0 Å². The predicted molar refractivity (Wildman–Crippen MR) is 106 cm³/mol. The summed E-state index contributed by atoms with van der Waals surface area (Å²) >= 11 is 0. The Morgan fingerprint density at radius 2 is 1.85 bits per heavy atom. The van der Waals surface area contributed by atoms with E-state index in [0.29, 0.717) is 12.2 Å². The largest absolute Gasteiger partial charge is 0.493 e. The van der Waals surface area contributed by atoms with Crippen LogP contribution in [0.2, 0.25) is 0 Å². The molecule has 0 atom stereocenters. The number of carbonyl (C=O) groups is 1. The molecule has 1 amide bonds. The van der Waals surface area contributed by atoms with Crippen LogP contribution in [0, 0.1) is 0 Å². The lowest BCUT2D eigenvalue weighted by Crippen LogP contribution is -2.16. The molecule has 5 nitrogen and oxygen atoms in total. The molecule has 134 valence electrons. The van der Waals surface area contributed by atoms with Crippen LogP contribution in [0.25, 0.3) is 21.7 Å². The Hall–Kier alpha value is -3.60. The normalized spacial score (nSPS) is 11.3. The molecule has 0 saturated heterocycles. The zero-order valence-electron chi connectivity index (χ0n) is 14.8. The first-order valence-electron chi connectivity index (χ1n) is 8.73. The summed E-state index contributed by atoms with van der Waals surface area (Å²) in [5.74, 6) is 0.666. The van der Waals surface area contributed by atoms with Crippen LogP contribution in [0.1, 0.15) is 23.0 Å². The second-order valence-corrected chi connectivity index (χ2v) is 5.98. The Balaban J connectivity index is 1.56. The van der Waals surface area contributed by atoms with Gasteiger partial charge in [0.05, 0.1) is 12.8 Å². The number of ether oxygens (including phenoxy) is 1. The van der Waals surface area contributed by atoms with Gasteiger partial charge in [0.1, 0.15) is 11.3 Å². The summed E-state index contributed by atoms with van der Waals surface area (Å²) < 4.78 is 11.2. The summed E-state index contributed by atoms with van der Waals surface area (Å²) in [5.41, 5.74) is 4.08. The molecule has 1 heterocycles. The van der Waals surface area contributed by atoms with Gasteiger partial charge in [0, 0.05) is 16.3 Å². The third kappa shape index (κ3) is 3.40. The minimum absolute atomic E-state index is 0.227. The van der Waals surface area contributed by atoms with Crippen LogP contribution in [-0.4, -0.2) is 18.7 Å². The van der Waals surface area contributed by atoms with Crippen molar-refractivity contribution in [2.45, 2.75) is 6.92 Å². The molecule has 0 aliphatic heterocycles. The lowest BCUT2D eigenvalue weighted by molar-refractivity contribution is 0.0929. The maximum atomic E-state index is 12.3. The van der Waals surface area contributed by atoms with Gasteiger partial charge in [-0.3, -0.25) is 4.79 Å². The van der Waals surface area contributed by atoms with Crippen LogP contribution >= 0.6 is 0 Å². The molecule has 3 aromatic carbocycles. The fraction of sp³-hybridized carbons (Fsp3) is 0.0909. The van der Waals surface area contributed by atoms with Crippen molar-refractivity contribution in [3.05, 3.63) is 78.1 Å². The molecule has 0 saturated carbocycles. The second-order valence-electron chi connectivity index (χ2n) is 5.98. The highest BCUT2D eigenvalue weighted by atomic mass is 16.5. The monoisotopic (exact) mass is 358 g/mol. The number of hydrogen-bond donors (Lipinski definition) is 1. The Bertz CT molecular complexity index is 1110. The molecule has 4 rings (SSSR count). The summed E-state index contributed by atoms with van der Waals surface area (Å²) in [5, 5.41) is 6.98. The van der Waals surface area contributed by atoms with Crippen molar-refractivity contribution >= 4 is 33.9 Å². The van der Waals surface area contributed by atoms with Crippen LogP contribution in [0.15, 0.2) is 76.2 Å². The number of para-hydroxylation sites is 1. The third-order valence-corrected chi connectivity index (χ3v) is 4.24. The summed E-state index contributed by atoms with van der Waals surface area (Å²) in [4.78, 5) is 12.3. The third-order valence-electron chi connectivity index (χ3n) is 4.24. The Labute approximate surface area is 156 Å². The van der Waals surface area contributed by atoms with E-state index in [4.69, 9.17) is 9.15 Å². The van der Waals surface area contributed by atoms with Gasteiger partial charge in [-0.2, -0.15) is 5.10 Å². The van der Waals surface area contributed by atoms with Gasteiger partial charge >= 0.3 is 5.91 Å². The molecule has 0 unspecified atom stereocenters. The maximum Gasteiger partial charge on any atom is 0.307 e. The van der Waals surface area contributed by atoms with E-state index < -0.39 is 5.91 Å². The molecule has 0 aliphatic rings. The number of nitrogens with one attached hydrogen (secondary N) is 1. The molecule has 4 aromatic rings. The van der Waals surface area contributed by atoms with E-state index in [1.807, 2.05) is 67.6 Å². The van der Waals surface area contributed by atoms with E-state index in [9.17, 15) is 4.79 Å². The van der Waals surface area contributed by atoms with Gasteiger partial charge in [-0.05, 0) is 36.6 Å². The van der Waals surface area contributed by atoms with Gasteiger partial charge in [0.2, 0.25) is 0 Å². The molecule has 1 N–H and O–H groups in total. The standard InChI is InChI=1S/C22H18N2O3/c1-2-26-20-12-11-16(17-8-4-5-9-18(17)20)14-23-24-22(25)21-13-15-7-3-6-10-19(15)27-21/h3-14H,2H2,1H3,(H,24,25)/b23-14+. The van der Waals surface area contributed by atoms with Gasteiger partial charge in [-0.15, -0.1) is 0 Å². The highest BCUT2D eigenvalue weighted by Crippen LogP contribution is 2.27. The number of hydrazone groups is 1. The SMILES string of the molecule is CCOc1ccc(/C=N/NC(=O)c2cc3ccccc3o2)c2ccccc12. The summed E-state index contributed by atoms with van der Waals surface area (Å²) in [7, 11) is 0. The number of carbonyl (C=O) groups excluding carboxylic acids is 1. The molecule has 27 heavy (non-hydrogen) atoms. The highest BCUT2D eigenvalue weighted by Gasteiger charge is 2.11. The van der Waals surface area contributed by atoms with Crippen molar-refractivity contribution in [1.29, 1.82) is 0 Å². The zero-order chi connectivity index (χ0) is 18.6. The summed E-state index contributed by atoms with van der Waals surface area (Å²) in [6, 6.07) is 20.9. The van der Waals surface area contributed by atoms with Gasteiger partial charge in [0.15, 0.2) is 5.76 Å². The van der Waals surface area contributed by atoms with Gasteiger partial charge in [-0.25, -0.2) is 5.43 Å². The predicted octanol–water partition coefficient (Wildman–Crippen LogP) is 4.75. The smallest absolute Gasteiger partial charge is 0.307 e. The van der Waals surface area contributed by atoms with E-state index in [0.717, 1.165) is 27.5 Å². The molecule has 0 fully saturated rings. The number of amides is 1. The van der Waals surface area contributed by atoms with Crippen LogP contribution in [0.4, 0.5) is 0 Å². The van der Waals surface area contributed by atoms with Gasteiger partial charge in [-0.1, -0.05) is 42.5 Å². The van der Waals surface area contributed by atoms with Crippen LogP contribution in [0.5, 0.6) is 5.75 Å². The van der Waals surface area contributed by atoms with Crippen molar-refractivity contribution in [3.63, 3.8) is 0 Å². The van der Waals surface area contributed by atoms with E-state index in [-0.39, 0.29) is 5.76 Å². The first kappa shape index (κ1) is 16.8. The summed E-state index contributed by atoms with van der Waals surface area (Å²) in [6.07, 6.45) is 1.62. The van der Waals surface area contributed by atoms with Gasteiger partial charge < -0.3 is 9.15 Å². The molecule has 0 aliphatic carbocycles. The fourth-order valence-corrected chi connectivity index (χ4v) is 3.00. The Kier molecular flexibility index (Phi) is 4.58. The van der Waals surface area contributed by atoms with E-state index in [1.165, 1.54) is 0 Å². The van der Waals surface area contributed by atoms with Crippen molar-refractivity contribution < 1.29 is 13.9 Å². The number of rotatable bonds is 5. The Morgan fingerprint density at radius 3 is 2.67 bits per heavy atom. The topological polar surface area (TPSA) is 63.8 Å². The summed E-state index contributed by atoms with van der Waals surface area (Å²) in [6.45, 7) is 2.56. The average Bonchev–Trinajstić information content (AvgIpc) is 3.14. The minimum Gasteiger partial charge on any atom is -0.493 e. The number of nitrogens with zero attached hydrogens (tertiary/aromatic N) is 1. The van der Waals surface area contributed by atoms with E-state index in [2.05, 4.69) is 10.5 Å². The molecule has 0 spiro atoms. The van der Waals surface area contributed by atoms with E-state index >= 15 is 0 Å². The minimum atomic E-state index is -0.391. The Morgan fingerprint density at radius 1 is 1.07 bits per heavy atom. The second kappa shape index (κ2) is 7.33. The number of benzene rings is 3. The lowest BCUT2D eigenvalue weighted by atomic mass is 10.0. The van der Waals surface area contributed by atoms with Crippen LogP contribution in [-0.2, 0) is 0 Å². The quantitative estimate of drug-likeness (QED) is 0.414. The molecule has 0 radical (unpaired) electrons. The molecular weight excluding hydrogens is 340 g/mol. The first-order valence-corrected chi connectivity index (χ1v) is 8.73. The lowest BCUT2D eigenvalue weighted by Gasteiger charge is -2.09. The van der Waals surface area contributed by atoms with E-state index in [1.54, 1.807) is 12.3 Å². The molecular formula is C22H18N2O3.